The Labute approximate surface area is 320 Å². The molecule has 57 heavy (non-hydrogen) atoms. The molecule has 2 atom stereocenters. The molecular weight excluding hydrogens is 787 g/mol. The first-order valence-electron chi connectivity index (χ1n) is 17.5. The minimum absolute atomic E-state index is 0.635. The minimum Gasteiger partial charge on any atom is -0.493 e. The number of nitrogens with one attached hydrogen (secondary N) is 1. The van der Waals surface area contributed by atoms with Gasteiger partial charge in [0.05, 0.1) is 25.3 Å². The molecule has 6 rings (SSSR count). The van der Waals surface area contributed by atoms with Crippen LogP contribution in [0, 0.1) is 12.8 Å². The summed E-state index contributed by atoms with van der Waals surface area (Å²) in [5, 5.41) is 24.9. The number of aromatic nitrogens is 2. The number of alkyl halides is 9. The molecule has 318 valence electrons. The van der Waals surface area contributed by atoms with Crippen LogP contribution in [-0.4, -0.2) is 112 Å². The van der Waals surface area contributed by atoms with Gasteiger partial charge in [-0.05, 0) is 112 Å². The SMILES string of the molecule is COc1ccc(-c2nc3c(C)cc(C4CCN(C5CCNCC5)[C@@H](C5CC5)C4)cc3n2C)cc1OC.O=C(O)C(F)(F)F.O=C(O)C(F)(F)F.O=C(O)C(F)(F)F. The molecule has 2 saturated heterocycles. The van der Waals surface area contributed by atoms with E-state index < -0.39 is 36.4 Å². The Balaban J connectivity index is 0.000000341. The molecule has 2 aromatic carbocycles. The zero-order valence-electron chi connectivity index (χ0n) is 31.2. The maximum Gasteiger partial charge on any atom is 0.490 e. The van der Waals surface area contributed by atoms with Gasteiger partial charge < -0.3 is 34.7 Å². The number of ether oxygens (including phenoxy) is 2. The molecule has 3 aromatic rings. The number of piperidine rings is 2. The number of aryl methyl sites for hydroxylation is 2. The Bertz CT molecular complexity index is 1800. The first-order valence-corrected chi connectivity index (χ1v) is 17.5. The molecule has 1 aliphatic carbocycles. The van der Waals surface area contributed by atoms with E-state index in [4.69, 9.17) is 44.2 Å². The van der Waals surface area contributed by atoms with Crippen LogP contribution in [0.3, 0.4) is 0 Å². The lowest BCUT2D eigenvalue weighted by molar-refractivity contribution is -0.193. The van der Waals surface area contributed by atoms with Gasteiger partial charge >= 0.3 is 36.4 Å². The Morgan fingerprint density at radius 1 is 0.772 bits per heavy atom. The smallest absolute Gasteiger partial charge is 0.490 e. The Morgan fingerprint density at radius 3 is 1.74 bits per heavy atom. The molecule has 4 N–H and O–H groups in total. The van der Waals surface area contributed by atoms with Gasteiger partial charge in [0.2, 0.25) is 0 Å². The van der Waals surface area contributed by atoms with Gasteiger partial charge in [-0.3, -0.25) is 4.90 Å². The van der Waals surface area contributed by atoms with E-state index in [0.29, 0.717) is 5.92 Å². The third-order valence-electron chi connectivity index (χ3n) is 9.67. The molecule has 2 aliphatic heterocycles. The summed E-state index contributed by atoms with van der Waals surface area (Å²) in [4.78, 5) is 34.7. The summed E-state index contributed by atoms with van der Waals surface area (Å²) in [6.45, 7) is 5.83. The summed E-state index contributed by atoms with van der Waals surface area (Å²) >= 11 is 0. The highest BCUT2D eigenvalue weighted by Crippen LogP contribution is 2.45. The van der Waals surface area contributed by atoms with Gasteiger partial charge in [-0.2, -0.15) is 39.5 Å². The van der Waals surface area contributed by atoms with Crippen LogP contribution in [0.25, 0.3) is 22.4 Å². The summed E-state index contributed by atoms with van der Waals surface area (Å²) in [6, 6.07) is 12.4. The topological polar surface area (TPSA) is 163 Å². The zero-order valence-corrected chi connectivity index (χ0v) is 31.2. The third-order valence-corrected chi connectivity index (χ3v) is 9.67. The van der Waals surface area contributed by atoms with Crippen molar-refractivity contribution in [1.82, 2.24) is 19.8 Å². The predicted molar refractivity (Wildman–Crippen MR) is 186 cm³/mol. The number of aliphatic carboxylic acids is 3. The van der Waals surface area contributed by atoms with Gasteiger partial charge in [0, 0.05) is 24.7 Å². The van der Waals surface area contributed by atoms with E-state index in [9.17, 15) is 39.5 Å². The number of rotatable bonds is 6. The van der Waals surface area contributed by atoms with Crippen molar-refractivity contribution in [2.24, 2.45) is 13.0 Å². The van der Waals surface area contributed by atoms with E-state index in [1.807, 2.05) is 12.1 Å². The number of hydrogen-bond acceptors (Lipinski definition) is 8. The summed E-state index contributed by atoms with van der Waals surface area (Å²) in [7, 11) is 5.48. The van der Waals surface area contributed by atoms with E-state index in [-0.39, 0.29) is 0 Å². The lowest BCUT2D eigenvalue weighted by Gasteiger charge is -2.46. The van der Waals surface area contributed by atoms with Crippen LogP contribution in [0.2, 0.25) is 0 Å². The molecule has 1 aromatic heterocycles. The van der Waals surface area contributed by atoms with Crippen molar-refractivity contribution >= 4 is 28.9 Å². The highest BCUT2D eigenvalue weighted by atomic mass is 19.4. The fourth-order valence-corrected chi connectivity index (χ4v) is 6.81. The molecule has 3 fully saturated rings. The number of methoxy groups -OCH3 is 2. The first kappa shape index (κ1) is 46.6. The number of halogens is 9. The standard InChI is InChI=1S/C30H40N4O2.3C2HF3O2/c1-19-15-23(21-11-14-34(24-9-12-31-13-10-24)25(16-21)20-5-6-20)17-26-29(19)32-30(33(26)2)22-7-8-27(35-3)28(18-22)36-4;3*3-2(4,5)1(6)7/h7-8,15,17-18,20-21,24-25,31H,5-6,9-14,16H2,1-4H3;3*(H,6,7)/t21?,25-;;;/m1.../s1. The van der Waals surface area contributed by atoms with Crippen molar-refractivity contribution in [2.75, 3.05) is 33.9 Å². The summed E-state index contributed by atoms with van der Waals surface area (Å²) in [5.41, 5.74) is 6.12. The number of nitrogens with zero attached hydrogens (tertiary/aromatic N) is 3. The van der Waals surface area contributed by atoms with Gasteiger partial charge in [-0.15, -0.1) is 0 Å². The summed E-state index contributed by atoms with van der Waals surface area (Å²) in [6.07, 6.45) is -7.21. The number of likely N-dealkylation sites (tertiary alicyclic amines) is 1. The second kappa shape index (κ2) is 19.1. The molecular formula is C36H43F9N4O8. The monoisotopic (exact) mass is 830 g/mol. The number of carboxylic acids is 3. The van der Waals surface area contributed by atoms with Gasteiger partial charge in [-0.1, -0.05) is 6.07 Å². The molecule has 1 saturated carbocycles. The highest BCUT2D eigenvalue weighted by Gasteiger charge is 2.43. The third kappa shape index (κ3) is 12.9. The van der Waals surface area contributed by atoms with Gasteiger partial charge in [0.25, 0.3) is 0 Å². The van der Waals surface area contributed by atoms with Crippen molar-refractivity contribution in [3.05, 3.63) is 41.5 Å². The number of benzene rings is 2. The molecule has 21 heteroatoms. The van der Waals surface area contributed by atoms with E-state index in [2.05, 4.69) is 47.0 Å². The number of imidazole rings is 1. The molecule has 3 heterocycles. The van der Waals surface area contributed by atoms with Crippen LogP contribution in [0.4, 0.5) is 39.5 Å². The van der Waals surface area contributed by atoms with Crippen LogP contribution in [0.1, 0.15) is 55.6 Å². The van der Waals surface area contributed by atoms with Crippen LogP contribution in [-0.2, 0) is 21.4 Å². The lowest BCUT2D eigenvalue weighted by atomic mass is 9.81. The molecule has 0 bridgehead atoms. The van der Waals surface area contributed by atoms with Crippen molar-refractivity contribution < 1.29 is 78.7 Å². The Kier molecular flexibility index (Phi) is 15.6. The number of hydrogen-bond donors (Lipinski definition) is 4. The van der Waals surface area contributed by atoms with Crippen molar-refractivity contribution in [1.29, 1.82) is 0 Å². The first-order chi connectivity index (χ1) is 26.4. The number of fused-ring (bicyclic) bond motifs is 1. The van der Waals surface area contributed by atoms with Crippen LogP contribution in [0.15, 0.2) is 30.3 Å². The summed E-state index contributed by atoms with van der Waals surface area (Å²) < 4.78 is 108. The quantitative estimate of drug-likeness (QED) is 0.186. The second-order valence-electron chi connectivity index (χ2n) is 13.5. The van der Waals surface area contributed by atoms with Crippen molar-refractivity contribution in [3.8, 4) is 22.9 Å². The molecule has 0 amide bonds. The average Bonchev–Trinajstić information content (AvgIpc) is 3.94. The fraction of sp³-hybridized carbons (Fsp3) is 0.556. The molecule has 12 nitrogen and oxygen atoms in total. The van der Waals surface area contributed by atoms with Gasteiger partial charge in [0.15, 0.2) is 11.5 Å². The minimum atomic E-state index is -5.08. The van der Waals surface area contributed by atoms with E-state index in [1.165, 1.54) is 74.8 Å². The predicted octanol–water partition coefficient (Wildman–Crippen LogP) is 7.18. The zero-order chi connectivity index (χ0) is 43.0. The molecule has 0 spiro atoms. The number of carbonyl (C=O) groups is 3. The van der Waals surface area contributed by atoms with E-state index in [0.717, 1.165) is 46.4 Å². The van der Waals surface area contributed by atoms with Crippen LogP contribution in [0.5, 0.6) is 11.5 Å². The van der Waals surface area contributed by atoms with Crippen molar-refractivity contribution in [3.63, 3.8) is 0 Å². The van der Waals surface area contributed by atoms with Crippen LogP contribution >= 0.6 is 0 Å². The normalized spacial score (nSPS) is 19.2. The van der Waals surface area contributed by atoms with Gasteiger partial charge in [0.1, 0.15) is 5.82 Å². The lowest BCUT2D eigenvalue weighted by Crippen LogP contribution is -2.52. The second-order valence-corrected chi connectivity index (χ2v) is 13.5. The average molecular weight is 831 g/mol. The maximum absolute atomic E-state index is 10.6. The fourth-order valence-electron chi connectivity index (χ4n) is 6.81. The van der Waals surface area contributed by atoms with E-state index in [1.54, 1.807) is 14.2 Å². The maximum atomic E-state index is 10.6. The molecule has 0 radical (unpaired) electrons. The Hall–Kier alpha value is -4.79. The van der Waals surface area contributed by atoms with Crippen molar-refractivity contribution in [2.45, 2.75) is 82.0 Å². The molecule has 3 aliphatic rings. The summed E-state index contributed by atoms with van der Waals surface area (Å²) in [5.74, 6) is -4.29. The number of carboxylic acid groups (broad SMARTS) is 3. The largest absolute Gasteiger partial charge is 0.493 e. The van der Waals surface area contributed by atoms with Gasteiger partial charge in [-0.25, -0.2) is 19.4 Å². The highest BCUT2D eigenvalue weighted by molar-refractivity contribution is 5.84. The van der Waals surface area contributed by atoms with Crippen LogP contribution < -0.4 is 14.8 Å². The van der Waals surface area contributed by atoms with E-state index >= 15 is 0 Å². The molecule has 1 unspecified atom stereocenters. The Morgan fingerprint density at radius 2 is 1.28 bits per heavy atom.